The number of aromatic nitrogens is 2. The summed E-state index contributed by atoms with van der Waals surface area (Å²) in [6.07, 6.45) is 3.69. The van der Waals surface area contributed by atoms with Gasteiger partial charge >= 0.3 is 6.03 Å². The number of benzene rings is 2. The Morgan fingerprint density at radius 1 is 1.11 bits per heavy atom. The molecule has 1 fully saturated rings. The molecule has 1 N–H and O–H groups in total. The van der Waals surface area contributed by atoms with E-state index in [0.29, 0.717) is 25.2 Å². The van der Waals surface area contributed by atoms with Gasteiger partial charge in [-0.05, 0) is 36.4 Å². The average molecular weight is 375 g/mol. The molecule has 1 saturated heterocycles. The van der Waals surface area contributed by atoms with Gasteiger partial charge in [-0.25, -0.2) is 9.48 Å². The van der Waals surface area contributed by atoms with Gasteiger partial charge in [-0.1, -0.05) is 18.2 Å². The van der Waals surface area contributed by atoms with Gasteiger partial charge in [0.25, 0.3) is 5.91 Å². The lowest BCUT2D eigenvalue weighted by molar-refractivity contribution is 0.0785. The van der Waals surface area contributed by atoms with Crippen LogP contribution >= 0.6 is 0 Å². The van der Waals surface area contributed by atoms with E-state index in [1.54, 1.807) is 52.0 Å². The van der Waals surface area contributed by atoms with Gasteiger partial charge in [0.05, 0.1) is 11.9 Å². The maximum absolute atomic E-state index is 12.7. The van der Waals surface area contributed by atoms with Gasteiger partial charge < -0.3 is 10.2 Å². The summed E-state index contributed by atoms with van der Waals surface area (Å²) in [5, 5.41) is 7.14. The van der Waals surface area contributed by atoms with Crippen LogP contribution in [0.5, 0.6) is 0 Å². The van der Waals surface area contributed by atoms with Crippen molar-refractivity contribution in [2.24, 2.45) is 0 Å². The quantitative estimate of drug-likeness (QED) is 0.745. The van der Waals surface area contributed by atoms with Crippen molar-refractivity contribution in [3.05, 3.63) is 78.1 Å². The fourth-order valence-corrected chi connectivity index (χ4v) is 3.23. The van der Waals surface area contributed by atoms with Crippen molar-refractivity contribution in [2.75, 3.05) is 25.0 Å². The van der Waals surface area contributed by atoms with Crippen LogP contribution in [0.3, 0.4) is 0 Å². The van der Waals surface area contributed by atoms with Crippen molar-refractivity contribution in [3.8, 4) is 5.69 Å². The number of anilines is 1. The summed E-state index contributed by atoms with van der Waals surface area (Å²) in [4.78, 5) is 27.8. The van der Waals surface area contributed by atoms with Crippen molar-refractivity contribution in [2.45, 2.75) is 6.54 Å². The van der Waals surface area contributed by atoms with E-state index in [4.69, 9.17) is 0 Å². The lowest BCUT2D eigenvalue weighted by Gasteiger charge is -2.18. The monoisotopic (exact) mass is 375 g/mol. The fraction of sp³-hybridized carbons (Fsp3) is 0.190. The van der Waals surface area contributed by atoms with Crippen molar-refractivity contribution in [1.29, 1.82) is 0 Å². The van der Waals surface area contributed by atoms with Gasteiger partial charge in [0.2, 0.25) is 0 Å². The highest BCUT2D eigenvalue weighted by molar-refractivity contribution is 5.96. The Balaban J connectivity index is 1.42. The molecule has 3 aromatic rings. The van der Waals surface area contributed by atoms with E-state index in [2.05, 4.69) is 10.4 Å². The largest absolute Gasteiger partial charge is 0.337 e. The molecular weight excluding hydrogens is 354 g/mol. The van der Waals surface area contributed by atoms with E-state index < -0.39 is 0 Å². The van der Waals surface area contributed by atoms with Crippen LogP contribution in [0.15, 0.2) is 67.0 Å². The Morgan fingerprint density at radius 3 is 2.54 bits per heavy atom. The third-order valence-electron chi connectivity index (χ3n) is 4.71. The number of hydrogen-bond acceptors (Lipinski definition) is 3. The molecule has 2 heterocycles. The highest BCUT2D eigenvalue weighted by atomic mass is 16.2. The Labute approximate surface area is 163 Å². The number of urea groups is 1. The summed E-state index contributed by atoms with van der Waals surface area (Å²) in [6, 6.07) is 16.9. The summed E-state index contributed by atoms with van der Waals surface area (Å²) in [5.41, 5.74) is 3.30. The van der Waals surface area contributed by atoms with Crippen molar-refractivity contribution < 1.29 is 9.59 Å². The van der Waals surface area contributed by atoms with Crippen molar-refractivity contribution in [1.82, 2.24) is 20.0 Å². The molecule has 0 atom stereocenters. The minimum absolute atomic E-state index is 0.0788. The lowest BCUT2D eigenvalue weighted by Crippen LogP contribution is -2.28. The summed E-state index contributed by atoms with van der Waals surface area (Å²) in [6.45, 7) is 1.73. The zero-order valence-electron chi connectivity index (χ0n) is 15.6. The van der Waals surface area contributed by atoms with Crippen LogP contribution in [0, 0.1) is 0 Å². The van der Waals surface area contributed by atoms with Gasteiger partial charge in [-0.15, -0.1) is 0 Å². The predicted molar refractivity (Wildman–Crippen MR) is 107 cm³/mol. The van der Waals surface area contributed by atoms with Crippen molar-refractivity contribution >= 4 is 17.6 Å². The summed E-state index contributed by atoms with van der Waals surface area (Å²) < 4.78 is 1.80. The minimum Gasteiger partial charge on any atom is -0.337 e. The van der Waals surface area contributed by atoms with Gasteiger partial charge in [0.15, 0.2) is 0 Å². The van der Waals surface area contributed by atoms with E-state index in [1.165, 1.54) is 0 Å². The topological polar surface area (TPSA) is 70.5 Å². The number of hydrogen-bond donors (Lipinski definition) is 1. The molecule has 0 aliphatic carbocycles. The van der Waals surface area contributed by atoms with E-state index in [9.17, 15) is 9.59 Å². The summed E-state index contributed by atoms with van der Waals surface area (Å²) in [7, 11) is 1.77. The molecule has 7 heteroatoms. The van der Waals surface area contributed by atoms with Crippen LogP contribution < -0.4 is 10.2 Å². The first kappa shape index (κ1) is 17.8. The molecule has 0 saturated carbocycles. The second-order valence-corrected chi connectivity index (χ2v) is 6.72. The van der Waals surface area contributed by atoms with Crippen molar-refractivity contribution in [3.63, 3.8) is 0 Å². The smallest absolute Gasteiger partial charge is 0.321 e. The molecule has 0 radical (unpaired) electrons. The maximum Gasteiger partial charge on any atom is 0.321 e. The SMILES string of the molecule is CN(Cc1cnn(-c2ccccc2)c1)C(=O)c1ccc(N2CCNC2=O)cc1. The average Bonchev–Trinajstić information content (AvgIpc) is 3.37. The van der Waals surface area contributed by atoms with E-state index in [0.717, 1.165) is 16.9 Å². The molecule has 0 unspecified atom stereocenters. The Morgan fingerprint density at radius 2 is 1.86 bits per heavy atom. The van der Waals surface area contributed by atoms with E-state index in [-0.39, 0.29) is 11.9 Å². The van der Waals surface area contributed by atoms with Crippen LogP contribution in [0.2, 0.25) is 0 Å². The molecule has 4 rings (SSSR count). The number of nitrogens with one attached hydrogen (secondary N) is 1. The number of rotatable bonds is 5. The number of para-hydroxylation sites is 1. The fourth-order valence-electron chi connectivity index (χ4n) is 3.23. The Kier molecular flexibility index (Phi) is 4.80. The number of nitrogens with zero attached hydrogens (tertiary/aromatic N) is 4. The van der Waals surface area contributed by atoms with Crippen LogP contribution in [0.1, 0.15) is 15.9 Å². The molecule has 1 aliphatic rings. The highest BCUT2D eigenvalue weighted by Gasteiger charge is 2.21. The van der Waals surface area contributed by atoms with Crippen LogP contribution in [-0.2, 0) is 6.54 Å². The molecule has 2 aromatic carbocycles. The Bertz CT molecular complexity index is 982. The molecule has 0 bridgehead atoms. The first-order chi connectivity index (χ1) is 13.6. The lowest BCUT2D eigenvalue weighted by atomic mass is 10.1. The molecule has 0 spiro atoms. The van der Waals surface area contributed by atoms with Gasteiger partial charge in [0.1, 0.15) is 0 Å². The molecular formula is C21H21N5O2. The summed E-state index contributed by atoms with van der Waals surface area (Å²) >= 11 is 0. The standard InChI is InChI=1S/C21H21N5O2/c1-24(14-16-13-23-26(15-16)19-5-3-2-4-6-19)20(27)17-7-9-18(10-8-17)25-12-11-22-21(25)28/h2-10,13,15H,11-12,14H2,1H3,(H,22,28). The van der Waals surface area contributed by atoms with E-state index >= 15 is 0 Å². The molecule has 142 valence electrons. The maximum atomic E-state index is 12.7. The number of carbonyl (C=O) groups is 2. The first-order valence-corrected chi connectivity index (χ1v) is 9.12. The molecule has 28 heavy (non-hydrogen) atoms. The molecule has 7 nitrogen and oxygen atoms in total. The third-order valence-corrected chi connectivity index (χ3v) is 4.71. The summed E-state index contributed by atoms with van der Waals surface area (Å²) in [5.74, 6) is -0.0788. The number of amides is 3. The molecule has 3 amide bonds. The first-order valence-electron chi connectivity index (χ1n) is 9.12. The van der Waals surface area contributed by atoms with Gasteiger partial charge in [-0.3, -0.25) is 9.69 Å². The minimum atomic E-state index is -0.105. The zero-order valence-corrected chi connectivity index (χ0v) is 15.6. The second kappa shape index (κ2) is 7.56. The zero-order chi connectivity index (χ0) is 19.5. The predicted octanol–water partition coefficient (Wildman–Crippen LogP) is 2.67. The number of carbonyl (C=O) groups excluding carboxylic acids is 2. The van der Waals surface area contributed by atoms with Gasteiger partial charge in [0, 0.05) is 49.7 Å². The van der Waals surface area contributed by atoms with Crippen LogP contribution in [0.25, 0.3) is 5.69 Å². The Hall–Kier alpha value is -3.61. The highest BCUT2D eigenvalue weighted by Crippen LogP contribution is 2.18. The molecule has 1 aliphatic heterocycles. The molecule has 1 aromatic heterocycles. The van der Waals surface area contributed by atoms with Crippen LogP contribution in [0.4, 0.5) is 10.5 Å². The van der Waals surface area contributed by atoms with Gasteiger partial charge in [-0.2, -0.15) is 5.10 Å². The van der Waals surface area contributed by atoms with Crippen LogP contribution in [-0.4, -0.2) is 46.8 Å². The third kappa shape index (κ3) is 3.59. The normalized spacial score (nSPS) is 13.5. The van der Waals surface area contributed by atoms with E-state index in [1.807, 2.05) is 36.5 Å². The second-order valence-electron chi connectivity index (χ2n) is 6.72.